The number of benzene rings is 2. The summed E-state index contributed by atoms with van der Waals surface area (Å²) >= 11 is 0. The molecule has 0 aliphatic heterocycles. The lowest BCUT2D eigenvalue weighted by Gasteiger charge is -2.10. The van der Waals surface area contributed by atoms with Gasteiger partial charge in [-0.3, -0.25) is 4.79 Å². The van der Waals surface area contributed by atoms with Gasteiger partial charge in [0.15, 0.2) is 5.76 Å². The molecule has 134 valence electrons. The van der Waals surface area contributed by atoms with E-state index in [1.165, 1.54) is 0 Å². The Hall–Kier alpha value is -3.54. The van der Waals surface area contributed by atoms with Gasteiger partial charge in [0.05, 0.1) is 16.8 Å². The van der Waals surface area contributed by atoms with Gasteiger partial charge in [0.25, 0.3) is 5.91 Å². The van der Waals surface area contributed by atoms with Crippen LogP contribution in [0.4, 0.5) is 14.5 Å². The number of furan rings is 1. The zero-order valence-electron chi connectivity index (χ0n) is 14.3. The summed E-state index contributed by atoms with van der Waals surface area (Å²) < 4.78 is 32.9. The van der Waals surface area contributed by atoms with Crippen LogP contribution in [0.3, 0.4) is 0 Å². The fourth-order valence-electron chi connectivity index (χ4n) is 2.84. The SMILES string of the molecule is Cc1ccc(-c2cc(C(=O)Nc3cc(F)ccc3F)c3ccccc3n2)o1. The molecule has 6 heteroatoms. The first-order valence-corrected chi connectivity index (χ1v) is 8.24. The normalized spacial score (nSPS) is 10.9. The molecule has 0 fully saturated rings. The first-order chi connectivity index (χ1) is 13.0. The van der Waals surface area contributed by atoms with Crippen LogP contribution in [0, 0.1) is 18.6 Å². The number of amides is 1. The van der Waals surface area contributed by atoms with Crippen LogP contribution in [0.2, 0.25) is 0 Å². The van der Waals surface area contributed by atoms with Crippen molar-refractivity contribution in [1.29, 1.82) is 0 Å². The number of hydrogen-bond acceptors (Lipinski definition) is 3. The van der Waals surface area contributed by atoms with Gasteiger partial charge < -0.3 is 9.73 Å². The van der Waals surface area contributed by atoms with Crippen LogP contribution in [0.25, 0.3) is 22.4 Å². The molecule has 0 saturated heterocycles. The Labute approximate surface area is 153 Å². The molecule has 4 aromatic rings. The Morgan fingerprint density at radius 1 is 1.04 bits per heavy atom. The molecule has 2 aromatic heterocycles. The van der Waals surface area contributed by atoms with Crippen molar-refractivity contribution < 1.29 is 18.0 Å². The molecule has 4 rings (SSSR count). The van der Waals surface area contributed by atoms with E-state index < -0.39 is 17.5 Å². The number of anilines is 1. The molecule has 0 saturated carbocycles. The highest BCUT2D eigenvalue weighted by Crippen LogP contribution is 2.27. The number of halogens is 2. The molecule has 1 N–H and O–H groups in total. The molecular weight excluding hydrogens is 350 g/mol. The summed E-state index contributed by atoms with van der Waals surface area (Å²) in [7, 11) is 0. The lowest BCUT2D eigenvalue weighted by molar-refractivity contribution is 0.102. The summed E-state index contributed by atoms with van der Waals surface area (Å²) in [5.74, 6) is -0.692. The third kappa shape index (κ3) is 3.29. The third-order valence-electron chi connectivity index (χ3n) is 4.13. The summed E-state index contributed by atoms with van der Waals surface area (Å²) in [6.07, 6.45) is 0. The lowest BCUT2D eigenvalue weighted by atomic mass is 10.1. The predicted octanol–water partition coefficient (Wildman–Crippen LogP) is 5.33. The Morgan fingerprint density at radius 2 is 1.85 bits per heavy atom. The Balaban J connectivity index is 1.82. The van der Waals surface area contributed by atoms with Crippen molar-refractivity contribution in [1.82, 2.24) is 4.98 Å². The lowest BCUT2D eigenvalue weighted by Crippen LogP contribution is -2.14. The van der Waals surface area contributed by atoms with Crippen molar-refractivity contribution in [3.63, 3.8) is 0 Å². The summed E-state index contributed by atoms with van der Waals surface area (Å²) in [5, 5.41) is 3.03. The molecule has 0 atom stereocenters. The molecule has 0 spiro atoms. The number of rotatable bonds is 3. The minimum absolute atomic E-state index is 0.226. The number of nitrogens with one attached hydrogen (secondary N) is 1. The number of aryl methyl sites for hydroxylation is 1. The molecule has 0 bridgehead atoms. The minimum atomic E-state index is -0.718. The standard InChI is InChI=1S/C21H14F2N2O2/c1-12-6-9-20(27-12)19-11-15(14-4-2-3-5-17(14)24-19)21(26)25-18-10-13(22)7-8-16(18)23/h2-11H,1H3,(H,25,26). The number of nitrogens with zero attached hydrogens (tertiary/aromatic N) is 1. The number of para-hydroxylation sites is 1. The van der Waals surface area contributed by atoms with E-state index in [2.05, 4.69) is 10.3 Å². The quantitative estimate of drug-likeness (QED) is 0.534. The molecule has 0 unspecified atom stereocenters. The van der Waals surface area contributed by atoms with E-state index in [4.69, 9.17) is 4.42 Å². The highest BCUT2D eigenvalue weighted by molar-refractivity contribution is 6.13. The summed E-state index contributed by atoms with van der Waals surface area (Å²) in [4.78, 5) is 17.4. The second-order valence-corrected chi connectivity index (χ2v) is 6.06. The monoisotopic (exact) mass is 364 g/mol. The van der Waals surface area contributed by atoms with Crippen LogP contribution in [0.5, 0.6) is 0 Å². The molecule has 0 aliphatic carbocycles. The summed E-state index contributed by atoms with van der Waals surface area (Å²) in [6, 6.07) is 15.1. The van der Waals surface area contributed by atoms with Crippen LogP contribution < -0.4 is 5.32 Å². The van der Waals surface area contributed by atoms with Gasteiger partial charge >= 0.3 is 0 Å². The van der Waals surface area contributed by atoms with E-state index in [-0.39, 0.29) is 11.3 Å². The van der Waals surface area contributed by atoms with Gasteiger partial charge in [0.2, 0.25) is 0 Å². The molecule has 2 aromatic carbocycles. The number of hydrogen-bond donors (Lipinski definition) is 1. The zero-order valence-corrected chi connectivity index (χ0v) is 14.3. The van der Waals surface area contributed by atoms with Crippen molar-refractivity contribution in [3.8, 4) is 11.5 Å². The Bertz CT molecular complexity index is 1170. The maximum Gasteiger partial charge on any atom is 0.256 e. The molecular formula is C21H14F2N2O2. The fraction of sp³-hybridized carbons (Fsp3) is 0.0476. The largest absolute Gasteiger partial charge is 0.460 e. The van der Waals surface area contributed by atoms with Gasteiger partial charge in [-0.2, -0.15) is 0 Å². The first kappa shape index (κ1) is 16.9. The molecule has 0 aliphatic rings. The van der Waals surface area contributed by atoms with Crippen molar-refractivity contribution in [2.75, 3.05) is 5.32 Å². The van der Waals surface area contributed by atoms with Crippen molar-refractivity contribution in [2.45, 2.75) is 6.92 Å². The topological polar surface area (TPSA) is 55.1 Å². The highest BCUT2D eigenvalue weighted by atomic mass is 19.1. The first-order valence-electron chi connectivity index (χ1n) is 8.24. The fourth-order valence-corrected chi connectivity index (χ4v) is 2.84. The molecule has 2 heterocycles. The van der Waals surface area contributed by atoms with Crippen molar-refractivity contribution in [2.24, 2.45) is 0 Å². The number of fused-ring (bicyclic) bond motifs is 1. The maximum absolute atomic E-state index is 13.9. The zero-order chi connectivity index (χ0) is 19.0. The highest BCUT2D eigenvalue weighted by Gasteiger charge is 2.17. The van der Waals surface area contributed by atoms with Crippen molar-refractivity contribution in [3.05, 3.63) is 83.6 Å². The van der Waals surface area contributed by atoms with E-state index in [9.17, 15) is 13.6 Å². The Kier molecular flexibility index (Phi) is 4.16. The Morgan fingerprint density at radius 3 is 2.63 bits per heavy atom. The predicted molar refractivity (Wildman–Crippen MR) is 98.5 cm³/mol. The molecule has 4 nitrogen and oxygen atoms in total. The van der Waals surface area contributed by atoms with E-state index in [0.29, 0.717) is 28.1 Å². The van der Waals surface area contributed by atoms with Gasteiger partial charge in [0, 0.05) is 11.5 Å². The maximum atomic E-state index is 13.9. The molecule has 0 radical (unpaired) electrons. The smallest absolute Gasteiger partial charge is 0.256 e. The molecule has 1 amide bonds. The van der Waals surface area contributed by atoms with E-state index in [1.807, 2.05) is 6.92 Å². The number of aromatic nitrogens is 1. The average Bonchev–Trinajstić information content (AvgIpc) is 3.10. The van der Waals surface area contributed by atoms with Gasteiger partial charge in [-0.05, 0) is 43.3 Å². The summed E-state index contributed by atoms with van der Waals surface area (Å²) in [6.45, 7) is 1.81. The van der Waals surface area contributed by atoms with Gasteiger partial charge in [-0.15, -0.1) is 0 Å². The van der Waals surface area contributed by atoms with Gasteiger partial charge in [0.1, 0.15) is 23.1 Å². The minimum Gasteiger partial charge on any atom is -0.460 e. The number of carbonyl (C=O) groups is 1. The second kappa shape index (κ2) is 6.64. The van der Waals surface area contributed by atoms with Crippen molar-refractivity contribution >= 4 is 22.5 Å². The van der Waals surface area contributed by atoms with Crippen LogP contribution in [-0.4, -0.2) is 10.9 Å². The number of pyridine rings is 1. The third-order valence-corrected chi connectivity index (χ3v) is 4.13. The number of carbonyl (C=O) groups excluding carboxylic acids is 1. The van der Waals surface area contributed by atoms with Crippen LogP contribution in [0.15, 0.2) is 65.1 Å². The van der Waals surface area contributed by atoms with E-state index >= 15 is 0 Å². The molecule has 27 heavy (non-hydrogen) atoms. The van der Waals surface area contributed by atoms with Gasteiger partial charge in [-0.1, -0.05) is 18.2 Å². The van der Waals surface area contributed by atoms with Gasteiger partial charge in [-0.25, -0.2) is 13.8 Å². The van der Waals surface area contributed by atoms with E-state index in [0.717, 1.165) is 18.2 Å². The van der Waals surface area contributed by atoms with Crippen LogP contribution in [0.1, 0.15) is 16.1 Å². The second-order valence-electron chi connectivity index (χ2n) is 6.06. The summed E-state index contributed by atoms with van der Waals surface area (Å²) in [5.41, 5.74) is 1.13. The van der Waals surface area contributed by atoms with Crippen LogP contribution >= 0.6 is 0 Å². The average molecular weight is 364 g/mol. The van der Waals surface area contributed by atoms with E-state index in [1.54, 1.807) is 42.5 Å². The van der Waals surface area contributed by atoms with Crippen LogP contribution in [-0.2, 0) is 0 Å².